The third kappa shape index (κ3) is 4.29. The lowest BCUT2D eigenvalue weighted by Crippen LogP contribution is -2.50. The average Bonchev–Trinajstić information content (AvgIpc) is 2.46. The maximum Gasteiger partial charge on any atom is 0.0543 e. The Kier molecular flexibility index (Phi) is 5.80. The van der Waals surface area contributed by atoms with Gasteiger partial charge in [0.1, 0.15) is 0 Å². The highest BCUT2D eigenvalue weighted by molar-refractivity contribution is 5.04. The molecule has 1 aromatic heterocycles. The highest BCUT2D eigenvalue weighted by Gasteiger charge is 2.27. The molecule has 1 saturated carbocycles. The molecule has 0 aliphatic heterocycles. The van der Waals surface area contributed by atoms with Gasteiger partial charge < -0.3 is 5.32 Å². The lowest BCUT2D eigenvalue weighted by molar-refractivity contribution is 0.142. The van der Waals surface area contributed by atoms with Crippen LogP contribution in [-0.2, 0) is 6.54 Å². The van der Waals surface area contributed by atoms with E-state index in [1.165, 1.54) is 37.8 Å². The van der Waals surface area contributed by atoms with E-state index in [0.29, 0.717) is 12.1 Å². The molecule has 2 rings (SSSR count). The summed E-state index contributed by atoms with van der Waals surface area (Å²) >= 11 is 0. The van der Waals surface area contributed by atoms with E-state index in [2.05, 4.69) is 41.3 Å². The molecule has 0 amide bonds. The van der Waals surface area contributed by atoms with Crippen LogP contribution in [0.5, 0.6) is 0 Å². The minimum Gasteiger partial charge on any atom is -0.312 e. The van der Waals surface area contributed by atoms with Gasteiger partial charge in [-0.2, -0.15) is 0 Å². The number of likely N-dealkylation sites (N-methyl/N-ethyl adjacent to an activating group) is 1. The van der Waals surface area contributed by atoms with E-state index in [-0.39, 0.29) is 0 Å². The van der Waals surface area contributed by atoms with Crippen molar-refractivity contribution < 1.29 is 0 Å². The fourth-order valence-corrected chi connectivity index (χ4v) is 3.07. The highest BCUT2D eigenvalue weighted by atomic mass is 15.2. The third-order valence-corrected chi connectivity index (χ3v) is 4.09. The molecule has 1 N–H and O–H groups in total. The summed E-state index contributed by atoms with van der Waals surface area (Å²) in [5.74, 6) is 0. The van der Waals surface area contributed by atoms with E-state index in [9.17, 15) is 0 Å². The van der Waals surface area contributed by atoms with E-state index in [4.69, 9.17) is 0 Å². The fraction of sp³-hybridized carbons (Fsp3) is 0.688. The predicted molar refractivity (Wildman–Crippen MR) is 80.0 cm³/mol. The fourth-order valence-electron chi connectivity index (χ4n) is 3.07. The molecule has 3 nitrogen and oxygen atoms in total. The Balaban J connectivity index is 1.93. The van der Waals surface area contributed by atoms with Crippen molar-refractivity contribution in [3.05, 3.63) is 30.1 Å². The number of nitrogens with zero attached hydrogens (tertiary/aromatic N) is 2. The molecule has 0 bridgehead atoms. The van der Waals surface area contributed by atoms with Gasteiger partial charge in [-0.1, -0.05) is 25.8 Å². The van der Waals surface area contributed by atoms with E-state index in [0.717, 1.165) is 13.1 Å². The van der Waals surface area contributed by atoms with Gasteiger partial charge in [-0.25, -0.2) is 0 Å². The second-order valence-corrected chi connectivity index (χ2v) is 5.65. The Bertz CT molecular complexity index is 352. The quantitative estimate of drug-likeness (QED) is 0.853. The largest absolute Gasteiger partial charge is 0.312 e. The summed E-state index contributed by atoms with van der Waals surface area (Å²) in [4.78, 5) is 6.92. The standard InChI is InChI=1S/C16H27N3/c1-3-11-18-15-9-4-5-10-16(15)19(2)13-14-8-6-7-12-17-14/h6-8,12,15-16,18H,3-5,9-11,13H2,1-2H3. The third-order valence-electron chi connectivity index (χ3n) is 4.09. The van der Waals surface area contributed by atoms with Gasteiger partial charge in [0.15, 0.2) is 0 Å². The summed E-state index contributed by atoms with van der Waals surface area (Å²) in [5.41, 5.74) is 1.17. The first-order chi connectivity index (χ1) is 9.31. The molecular formula is C16H27N3. The first-order valence-electron chi connectivity index (χ1n) is 7.64. The van der Waals surface area contributed by atoms with Gasteiger partial charge in [0.05, 0.1) is 5.69 Å². The van der Waals surface area contributed by atoms with Crippen LogP contribution in [0.2, 0.25) is 0 Å². The summed E-state index contributed by atoms with van der Waals surface area (Å²) in [6, 6.07) is 7.48. The summed E-state index contributed by atoms with van der Waals surface area (Å²) in [5, 5.41) is 3.73. The molecule has 3 heteroatoms. The number of hydrogen-bond acceptors (Lipinski definition) is 3. The maximum absolute atomic E-state index is 4.44. The Morgan fingerprint density at radius 3 is 2.89 bits per heavy atom. The van der Waals surface area contributed by atoms with E-state index >= 15 is 0 Å². The summed E-state index contributed by atoms with van der Waals surface area (Å²) in [6.45, 7) is 4.33. The van der Waals surface area contributed by atoms with Crippen molar-refractivity contribution in [1.82, 2.24) is 15.2 Å². The second-order valence-electron chi connectivity index (χ2n) is 5.65. The summed E-state index contributed by atoms with van der Waals surface area (Å²) < 4.78 is 0. The molecule has 19 heavy (non-hydrogen) atoms. The SMILES string of the molecule is CCCNC1CCCCC1N(C)Cc1ccccn1. The van der Waals surface area contributed by atoms with Crippen molar-refractivity contribution in [2.75, 3.05) is 13.6 Å². The molecular weight excluding hydrogens is 234 g/mol. The number of hydrogen-bond donors (Lipinski definition) is 1. The zero-order valence-corrected chi connectivity index (χ0v) is 12.3. The zero-order valence-electron chi connectivity index (χ0n) is 12.3. The van der Waals surface area contributed by atoms with Crippen LogP contribution in [0.25, 0.3) is 0 Å². The van der Waals surface area contributed by atoms with E-state index < -0.39 is 0 Å². The minimum atomic E-state index is 0.655. The van der Waals surface area contributed by atoms with Crippen LogP contribution in [0.4, 0.5) is 0 Å². The molecule has 2 unspecified atom stereocenters. The van der Waals surface area contributed by atoms with Gasteiger partial charge in [0, 0.05) is 24.8 Å². The van der Waals surface area contributed by atoms with Crippen molar-refractivity contribution in [2.24, 2.45) is 0 Å². The number of aromatic nitrogens is 1. The van der Waals surface area contributed by atoms with E-state index in [1.54, 1.807) is 0 Å². The van der Waals surface area contributed by atoms with Gasteiger partial charge in [-0.3, -0.25) is 9.88 Å². The molecule has 106 valence electrons. The van der Waals surface area contributed by atoms with Crippen molar-refractivity contribution in [3.63, 3.8) is 0 Å². The van der Waals surface area contributed by atoms with Crippen LogP contribution in [0.3, 0.4) is 0 Å². The second kappa shape index (κ2) is 7.61. The lowest BCUT2D eigenvalue weighted by Gasteiger charge is -2.38. The molecule has 0 saturated heterocycles. The van der Waals surface area contributed by atoms with Crippen molar-refractivity contribution in [1.29, 1.82) is 0 Å². The van der Waals surface area contributed by atoms with Gasteiger partial charge in [0.25, 0.3) is 0 Å². The number of rotatable bonds is 6. The Labute approximate surface area is 117 Å². The monoisotopic (exact) mass is 261 g/mol. The molecule has 1 aliphatic rings. The predicted octanol–water partition coefficient (Wildman–Crippen LogP) is 2.82. The number of nitrogens with one attached hydrogen (secondary N) is 1. The summed E-state index contributed by atoms with van der Waals surface area (Å²) in [6.07, 6.45) is 8.46. The Hall–Kier alpha value is -0.930. The molecule has 0 radical (unpaired) electrons. The van der Waals surface area contributed by atoms with Gasteiger partial charge in [-0.15, -0.1) is 0 Å². The van der Waals surface area contributed by atoms with Gasteiger partial charge >= 0.3 is 0 Å². The van der Waals surface area contributed by atoms with Crippen LogP contribution in [0, 0.1) is 0 Å². The molecule has 1 fully saturated rings. The van der Waals surface area contributed by atoms with Crippen LogP contribution in [0.1, 0.15) is 44.7 Å². The molecule has 0 spiro atoms. The van der Waals surface area contributed by atoms with Crippen LogP contribution < -0.4 is 5.32 Å². The first kappa shape index (κ1) is 14.5. The molecule has 0 aromatic carbocycles. The normalized spacial score (nSPS) is 23.7. The van der Waals surface area contributed by atoms with Gasteiger partial charge in [0.2, 0.25) is 0 Å². The average molecular weight is 261 g/mol. The van der Waals surface area contributed by atoms with Gasteiger partial charge in [-0.05, 0) is 45.0 Å². The van der Waals surface area contributed by atoms with Crippen LogP contribution >= 0.6 is 0 Å². The number of pyridine rings is 1. The van der Waals surface area contributed by atoms with Crippen molar-refractivity contribution in [2.45, 2.75) is 57.7 Å². The Morgan fingerprint density at radius 1 is 1.32 bits per heavy atom. The smallest absolute Gasteiger partial charge is 0.0543 e. The first-order valence-corrected chi connectivity index (χ1v) is 7.64. The topological polar surface area (TPSA) is 28.2 Å². The summed E-state index contributed by atoms with van der Waals surface area (Å²) in [7, 11) is 2.24. The lowest BCUT2D eigenvalue weighted by atomic mass is 9.89. The van der Waals surface area contributed by atoms with E-state index in [1.807, 2.05) is 12.3 Å². The highest BCUT2D eigenvalue weighted by Crippen LogP contribution is 2.23. The van der Waals surface area contributed by atoms with Crippen molar-refractivity contribution in [3.8, 4) is 0 Å². The molecule has 1 aliphatic carbocycles. The molecule has 1 aromatic rings. The van der Waals surface area contributed by atoms with Crippen LogP contribution in [0.15, 0.2) is 24.4 Å². The van der Waals surface area contributed by atoms with Crippen LogP contribution in [-0.4, -0.2) is 35.6 Å². The van der Waals surface area contributed by atoms with Crippen molar-refractivity contribution >= 4 is 0 Å². The maximum atomic E-state index is 4.44. The Morgan fingerprint density at radius 2 is 2.16 bits per heavy atom. The molecule has 1 heterocycles. The minimum absolute atomic E-state index is 0.655. The zero-order chi connectivity index (χ0) is 13.5. The molecule has 2 atom stereocenters.